The smallest absolute Gasteiger partial charge is 0.0545 e. The topological polar surface area (TPSA) is 29.5 Å². The molecule has 0 bridgehead atoms. The van der Waals surface area contributed by atoms with E-state index in [0.717, 1.165) is 25.9 Å². The van der Waals surface area contributed by atoms with Crippen molar-refractivity contribution in [2.24, 2.45) is 5.41 Å². The summed E-state index contributed by atoms with van der Waals surface area (Å²) >= 11 is 0. The third kappa shape index (κ3) is 2.76. The van der Waals surface area contributed by atoms with E-state index in [2.05, 4.69) is 6.92 Å². The van der Waals surface area contributed by atoms with Gasteiger partial charge in [0.2, 0.25) is 0 Å². The molecule has 0 heterocycles. The maximum Gasteiger partial charge on any atom is 0.0545 e. The minimum absolute atomic E-state index is 0.0439. The van der Waals surface area contributed by atoms with Crippen molar-refractivity contribution < 1.29 is 9.84 Å². The van der Waals surface area contributed by atoms with Crippen LogP contribution >= 0.6 is 0 Å². The van der Waals surface area contributed by atoms with E-state index < -0.39 is 0 Å². The summed E-state index contributed by atoms with van der Waals surface area (Å²) in [5, 5.41) is 9.39. The first kappa shape index (κ1) is 10.0. The average molecular weight is 172 g/mol. The van der Waals surface area contributed by atoms with Crippen LogP contribution in [0.2, 0.25) is 0 Å². The van der Waals surface area contributed by atoms with E-state index in [4.69, 9.17) is 4.74 Å². The lowest BCUT2D eigenvalue weighted by Crippen LogP contribution is -2.14. The van der Waals surface area contributed by atoms with Crippen molar-refractivity contribution in [3.63, 3.8) is 0 Å². The summed E-state index contributed by atoms with van der Waals surface area (Å²) in [5.74, 6) is 0. The molecular weight excluding hydrogens is 152 g/mol. The zero-order chi connectivity index (χ0) is 9.03. The minimum Gasteiger partial charge on any atom is -0.393 e. The molecule has 0 radical (unpaired) electrons. The number of ether oxygens (including phenoxy) is 1. The Bertz CT molecular complexity index is 136. The van der Waals surface area contributed by atoms with Gasteiger partial charge in [0.1, 0.15) is 0 Å². The van der Waals surface area contributed by atoms with Gasteiger partial charge in [0.15, 0.2) is 0 Å². The van der Waals surface area contributed by atoms with Gasteiger partial charge in [-0.3, -0.25) is 0 Å². The predicted molar refractivity (Wildman–Crippen MR) is 49.1 cm³/mol. The highest BCUT2D eigenvalue weighted by atomic mass is 16.5. The number of aliphatic hydroxyl groups is 1. The number of hydrogen-bond acceptors (Lipinski definition) is 2. The van der Waals surface area contributed by atoms with Crippen LogP contribution in [0.5, 0.6) is 0 Å². The van der Waals surface area contributed by atoms with E-state index in [-0.39, 0.29) is 6.10 Å². The van der Waals surface area contributed by atoms with E-state index in [1.807, 2.05) is 0 Å². The molecule has 1 saturated carbocycles. The first-order valence-corrected chi connectivity index (χ1v) is 4.83. The normalized spacial score (nSPS) is 35.8. The van der Waals surface area contributed by atoms with Crippen LogP contribution in [0.25, 0.3) is 0 Å². The molecule has 0 aliphatic heterocycles. The Hall–Kier alpha value is -0.0800. The van der Waals surface area contributed by atoms with Crippen molar-refractivity contribution in [3.8, 4) is 0 Å². The molecule has 12 heavy (non-hydrogen) atoms. The number of hydrogen-bond donors (Lipinski definition) is 1. The molecule has 1 aliphatic rings. The molecular formula is C10H20O2. The van der Waals surface area contributed by atoms with Crippen molar-refractivity contribution in [2.75, 3.05) is 13.7 Å². The molecule has 0 spiro atoms. The molecule has 1 aliphatic carbocycles. The minimum atomic E-state index is -0.0439. The number of rotatable bonds is 4. The molecule has 0 saturated heterocycles. The molecule has 0 aromatic rings. The first-order valence-electron chi connectivity index (χ1n) is 4.83. The molecule has 1 fully saturated rings. The first-order chi connectivity index (χ1) is 5.66. The molecule has 0 aromatic heterocycles. The SMILES string of the molecule is COCCCC1(C)CCC(O)C1. The monoisotopic (exact) mass is 172 g/mol. The summed E-state index contributed by atoms with van der Waals surface area (Å²) in [5.41, 5.74) is 0.387. The van der Waals surface area contributed by atoms with Gasteiger partial charge in [-0.15, -0.1) is 0 Å². The van der Waals surface area contributed by atoms with Crippen LogP contribution in [0.4, 0.5) is 0 Å². The zero-order valence-electron chi connectivity index (χ0n) is 8.18. The van der Waals surface area contributed by atoms with Gasteiger partial charge < -0.3 is 9.84 Å². The molecule has 1 N–H and O–H groups in total. The largest absolute Gasteiger partial charge is 0.393 e. The molecule has 72 valence electrons. The Morgan fingerprint density at radius 1 is 1.58 bits per heavy atom. The predicted octanol–water partition coefficient (Wildman–Crippen LogP) is 1.96. The Morgan fingerprint density at radius 3 is 2.83 bits per heavy atom. The summed E-state index contributed by atoms with van der Waals surface area (Å²) in [7, 11) is 1.74. The lowest BCUT2D eigenvalue weighted by atomic mass is 9.84. The second-order valence-electron chi connectivity index (χ2n) is 4.30. The average Bonchev–Trinajstić information content (AvgIpc) is 2.32. The van der Waals surface area contributed by atoms with Crippen LogP contribution in [0.3, 0.4) is 0 Å². The summed E-state index contributed by atoms with van der Waals surface area (Å²) < 4.78 is 5.01. The van der Waals surface area contributed by atoms with Crippen molar-refractivity contribution >= 4 is 0 Å². The highest BCUT2D eigenvalue weighted by molar-refractivity contribution is 4.85. The number of methoxy groups -OCH3 is 1. The van der Waals surface area contributed by atoms with Crippen molar-refractivity contribution in [1.82, 2.24) is 0 Å². The molecule has 2 heteroatoms. The van der Waals surface area contributed by atoms with Gasteiger partial charge in [-0.25, -0.2) is 0 Å². The van der Waals surface area contributed by atoms with Gasteiger partial charge in [-0.2, -0.15) is 0 Å². The van der Waals surface area contributed by atoms with E-state index >= 15 is 0 Å². The molecule has 2 nitrogen and oxygen atoms in total. The maximum atomic E-state index is 9.39. The summed E-state index contributed by atoms with van der Waals surface area (Å²) in [4.78, 5) is 0. The van der Waals surface area contributed by atoms with Gasteiger partial charge >= 0.3 is 0 Å². The fourth-order valence-corrected chi connectivity index (χ4v) is 2.16. The third-order valence-electron chi connectivity index (χ3n) is 2.94. The number of aliphatic hydroxyl groups excluding tert-OH is 1. The quantitative estimate of drug-likeness (QED) is 0.657. The fraction of sp³-hybridized carbons (Fsp3) is 1.00. The third-order valence-corrected chi connectivity index (χ3v) is 2.94. The molecule has 1 rings (SSSR count). The highest BCUT2D eigenvalue weighted by Crippen LogP contribution is 2.41. The Labute approximate surface area is 74.9 Å². The van der Waals surface area contributed by atoms with Crippen molar-refractivity contribution in [2.45, 2.75) is 45.1 Å². The van der Waals surface area contributed by atoms with Crippen LogP contribution in [0, 0.1) is 5.41 Å². The van der Waals surface area contributed by atoms with Crippen LogP contribution in [-0.4, -0.2) is 24.9 Å². The van der Waals surface area contributed by atoms with Gasteiger partial charge in [-0.1, -0.05) is 6.92 Å². The Kier molecular flexibility index (Phi) is 3.53. The molecule has 2 unspecified atom stereocenters. The Balaban J connectivity index is 2.21. The zero-order valence-corrected chi connectivity index (χ0v) is 8.18. The van der Waals surface area contributed by atoms with Crippen LogP contribution in [0.1, 0.15) is 39.0 Å². The standard InChI is InChI=1S/C10H20O2/c1-10(5-3-7-12-2)6-4-9(11)8-10/h9,11H,3-8H2,1-2H3. The fourth-order valence-electron chi connectivity index (χ4n) is 2.16. The molecule has 0 aromatic carbocycles. The van der Waals surface area contributed by atoms with Crippen LogP contribution in [0.15, 0.2) is 0 Å². The Morgan fingerprint density at radius 2 is 2.33 bits per heavy atom. The lowest BCUT2D eigenvalue weighted by Gasteiger charge is -2.22. The van der Waals surface area contributed by atoms with E-state index in [0.29, 0.717) is 5.41 Å². The second-order valence-corrected chi connectivity index (χ2v) is 4.30. The highest BCUT2D eigenvalue weighted by Gasteiger charge is 2.33. The van der Waals surface area contributed by atoms with Gasteiger partial charge in [-0.05, 0) is 37.5 Å². The van der Waals surface area contributed by atoms with Crippen molar-refractivity contribution in [1.29, 1.82) is 0 Å². The lowest BCUT2D eigenvalue weighted by molar-refractivity contribution is 0.146. The van der Waals surface area contributed by atoms with Gasteiger partial charge in [0.25, 0.3) is 0 Å². The van der Waals surface area contributed by atoms with Gasteiger partial charge in [0, 0.05) is 13.7 Å². The van der Waals surface area contributed by atoms with Crippen LogP contribution in [-0.2, 0) is 4.74 Å². The van der Waals surface area contributed by atoms with Gasteiger partial charge in [0.05, 0.1) is 6.10 Å². The maximum absolute atomic E-state index is 9.39. The van der Waals surface area contributed by atoms with E-state index in [9.17, 15) is 5.11 Å². The molecule has 2 atom stereocenters. The molecule has 0 amide bonds. The van der Waals surface area contributed by atoms with Crippen molar-refractivity contribution in [3.05, 3.63) is 0 Å². The summed E-state index contributed by atoms with van der Waals surface area (Å²) in [6.45, 7) is 3.13. The van der Waals surface area contributed by atoms with Crippen LogP contribution < -0.4 is 0 Å². The summed E-state index contributed by atoms with van der Waals surface area (Å²) in [6, 6.07) is 0. The summed E-state index contributed by atoms with van der Waals surface area (Å²) in [6.07, 6.45) is 5.42. The van der Waals surface area contributed by atoms with E-state index in [1.165, 1.54) is 12.8 Å². The second kappa shape index (κ2) is 4.24. The van der Waals surface area contributed by atoms with E-state index in [1.54, 1.807) is 7.11 Å².